The van der Waals surface area contributed by atoms with Gasteiger partial charge in [0, 0.05) is 43.6 Å². The van der Waals surface area contributed by atoms with Gasteiger partial charge >= 0.3 is 0 Å². The van der Waals surface area contributed by atoms with Crippen molar-refractivity contribution in [2.45, 2.75) is 69.2 Å². The van der Waals surface area contributed by atoms with E-state index < -0.39 is 11.9 Å². The number of benzene rings is 2. The Bertz CT molecular complexity index is 1300. The lowest BCUT2D eigenvalue weighted by Gasteiger charge is -2.48. The zero-order valence-corrected chi connectivity index (χ0v) is 20.7. The van der Waals surface area contributed by atoms with Crippen LogP contribution in [0, 0.1) is 11.3 Å². The number of carbonyl (C=O) groups excluding carboxylic acids is 3. The largest absolute Gasteiger partial charge is 0.489 e. The molecule has 8 nitrogen and oxygen atoms in total. The van der Waals surface area contributed by atoms with Gasteiger partial charge in [-0.15, -0.1) is 0 Å². The van der Waals surface area contributed by atoms with E-state index in [0.717, 1.165) is 43.7 Å². The van der Waals surface area contributed by atoms with Crippen LogP contribution in [0.1, 0.15) is 71.5 Å². The van der Waals surface area contributed by atoms with Crippen LogP contribution >= 0.6 is 0 Å². The zero-order chi connectivity index (χ0) is 25.5. The number of carbonyl (C=O) groups is 3. The highest BCUT2D eigenvalue weighted by molar-refractivity contribution is 6.05. The Morgan fingerprint density at radius 2 is 1.84 bits per heavy atom. The summed E-state index contributed by atoms with van der Waals surface area (Å²) in [6, 6.07) is 15.5. The molecule has 2 aromatic rings. The number of ether oxygens (including phenoxy) is 1. The summed E-state index contributed by atoms with van der Waals surface area (Å²) in [5, 5.41) is 11.6. The fraction of sp³-hybridized carbons (Fsp3) is 0.448. The lowest BCUT2D eigenvalue weighted by atomic mass is 9.84. The fourth-order valence-electron chi connectivity index (χ4n) is 6.29. The number of hydrogen-bond donors (Lipinski definition) is 1. The minimum absolute atomic E-state index is 0.0848. The van der Waals surface area contributed by atoms with Crippen molar-refractivity contribution in [2.75, 3.05) is 13.1 Å². The van der Waals surface area contributed by atoms with E-state index in [2.05, 4.69) is 22.4 Å². The first-order chi connectivity index (χ1) is 18.0. The molecule has 0 radical (unpaired) electrons. The molecule has 3 fully saturated rings. The van der Waals surface area contributed by atoms with Crippen LogP contribution in [0.2, 0.25) is 0 Å². The van der Waals surface area contributed by atoms with Gasteiger partial charge in [0.15, 0.2) is 0 Å². The number of piperidine rings is 1. The van der Waals surface area contributed by atoms with Gasteiger partial charge in [0.2, 0.25) is 11.8 Å². The van der Waals surface area contributed by atoms with E-state index in [-0.39, 0.29) is 24.3 Å². The first-order valence-corrected chi connectivity index (χ1v) is 13.2. The van der Waals surface area contributed by atoms with Crippen LogP contribution in [0.15, 0.2) is 42.5 Å². The summed E-state index contributed by atoms with van der Waals surface area (Å²) < 4.78 is 6.54. The van der Waals surface area contributed by atoms with Crippen molar-refractivity contribution in [1.29, 1.82) is 5.26 Å². The molecule has 1 N–H and O–H groups in total. The maximum Gasteiger partial charge on any atom is 0.255 e. The third-order valence-corrected chi connectivity index (χ3v) is 8.32. The second kappa shape index (κ2) is 9.64. The van der Waals surface area contributed by atoms with Crippen molar-refractivity contribution in [1.82, 2.24) is 15.1 Å². The second-order valence-corrected chi connectivity index (χ2v) is 10.6. The predicted molar refractivity (Wildman–Crippen MR) is 135 cm³/mol. The Morgan fingerprint density at radius 3 is 2.65 bits per heavy atom. The van der Waals surface area contributed by atoms with Crippen molar-refractivity contribution in [3.8, 4) is 11.8 Å². The smallest absolute Gasteiger partial charge is 0.255 e. The molecule has 8 heteroatoms. The molecule has 4 aliphatic rings. The molecule has 2 saturated heterocycles. The Labute approximate surface area is 216 Å². The highest BCUT2D eigenvalue weighted by Gasteiger charge is 2.41. The zero-order valence-electron chi connectivity index (χ0n) is 20.7. The van der Waals surface area contributed by atoms with Gasteiger partial charge in [0.05, 0.1) is 11.6 Å². The Kier molecular flexibility index (Phi) is 6.17. The number of hydrogen-bond acceptors (Lipinski definition) is 6. The van der Waals surface area contributed by atoms with Gasteiger partial charge in [-0.2, -0.15) is 5.26 Å². The molecule has 6 rings (SSSR count). The summed E-state index contributed by atoms with van der Waals surface area (Å²) in [5.74, 6) is 0.352. The topological polar surface area (TPSA) is 103 Å². The predicted octanol–water partition coefficient (Wildman–Crippen LogP) is 3.11. The van der Waals surface area contributed by atoms with Gasteiger partial charge in [-0.05, 0) is 67.1 Å². The first kappa shape index (κ1) is 23.7. The molecule has 3 atom stereocenters. The minimum atomic E-state index is -0.613. The number of fused-ring (bicyclic) bond motifs is 1. The van der Waals surface area contributed by atoms with Crippen molar-refractivity contribution < 1.29 is 19.1 Å². The summed E-state index contributed by atoms with van der Waals surface area (Å²) >= 11 is 0. The van der Waals surface area contributed by atoms with Gasteiger partial charge in [0.25, 0.3) is 5.91 Å². The molecule has 0 spiro atoms. The number of likely N-dealkylation sites (tertiary alicyclic amines) is 1. The molecule has 3 aliphatic heterocycles. The number of rotatable bonds is 5. The van der Waals surface area contributed by atoms with Crippen LogP contribution in [0.5, 0.6) is 5.75 Å². The summed E-state index contributed by atoms with van der Waals surface area (Å²) in [6.07, 6.45) is 5.10. The molecule has 190 valence electrons. The van der Waals surface area contributed by atoms with Crippen molar-refractivity contribution in [3.63, 3.8) is 0 Å². The van der Waals surface area contributed by atoms with Gasteiger partial charge in [-0.1, -0.05) is 18.6 Å². The molecule has 3 amide bonds. The number of nitrogens with one attached hydrogen (secondary N) is 1. The van der Waals surface area contributed by atoms with Crippen LogP contribution in [0.25, 0.3) is 0 Å². The first-order valence-electron chi connectivity index (χ1n) is 13.2. The Hall–Kier alpha value is -3.70. The molecule has 3 heterocycles. The molecular weight excluding hydrogens is 468 g/mol. The number of nitriles is 1. The van der Waals surface area contributed by atoms with Gasteiger partial charge in [-0.3, -0.25) is 24.6 Å². The lowest BCUT2D eigenvalue weighted by molar-refractivity contribution is -0.136. The van der Waals surface area contributed by atoms with E-state index in [9.17, 15) is 19.6 Å². The van der Waals surface area contributed by atoms with E-state index in [1.165, 1.54) is 12.0 Å². The van der Waals surface area contributed by atoms with Gasteiger partial charge in [-0.25, -0.2) is 0 Å². The quantitative estimate of drug-likeness (QED) is 0.636. The van der Waals surface area contributed by atoms with E-state index in [4.69, 9.17) is 4.74 Å². The average Bonchev–Trinajstić information content (AvgIpc) is 3.19. The van der Waals surface area contributed by atoms with Crippen LogP contribution in [-0.4, -0.2) is 58.8 Å². The van der Waals surface area contributed by atoms with E-state index in [1.54, 1.807) is 11.0 Å². The normalized spacial score (nSPS) is 26.3. The van der Waals surface area contributed by atoms with Crippen molar-refractivity contribution >= 4 is 17.7 Å². The number of imide groups is 1. The summed E-state index contributed by atoms with van der Waals surface area (Å²) in [7, 11) is 0. The van der Waals surface area contributed by atoms with Crippen molar-refractivity contribution in [3.05, 3.63) is 64.7 Å². The van der Waals surface area contributed by atoms with E-state index in [0.29, 0.717) is 36.1 Å². The molecule has 37 heavy (non-hydrogen) atoms. The molecular formula is C29H30N4O4. The monoisotopic (exact) mass is 498 g/mol. The summed E-state index contributed by atoms with van der Waals surface area (Å²) in [5.41, 5.74) is 3.40. The van der Waals surface area contributed by atoms with Crippen LogP contribution in [-0.2, 0) is 16.1 Å². The van der Waals surface area contributed by atoms with Gasteiger partial charge < -0.3 is 9.64 Å². The molecule has 1 aliphatic carbocycles. The van der Waals surface area contributed by atoms with Gasteiger partial charge in [0.1, 0.15) is 17.9 Å². The second-order valence-electron chi connectivity index (χ2n) is 10.6. The number of amides is 3. The minimum Gasteiger partial charge on any atom is -0.489 e. The lowest BCUT2D eigenvalue weighted by Crippen LogP contribution is -2.57. The van der Waals surface area contributed by atoms with E-state index in [1.807, 2.05) is 30.3 Å². The van der Waals surface area contributed by atoms with Crippen LogP contribution in [0.3, 0.4) is 0 Å². The summed E-state index contributed by atoms with van der Waals surface area (Å²) in [6.45, 7) is 2.29. The highest BCUT2D eigenvalue weighted by Crippen LogP contribution is 2.36. The standard InChI is InChI=1S/C29H30N4O4/c30-14-18-4-3-5-19(12-18)21-15-32(16-21)24-6-1-2-7-26(24)37-22-8-9-23-20(13-22)17-33(29(23)36)25-10-11-27(34)31-28(25)35/h3-5,8-9,12-13,21,24-26H,1-2,6-7,10-11,15-17H2,(H,31,34,35)/t24-,25?,26+/m0/s1. The average molecular weight is 499 g/mol. The van der Waals surface area contributed by atoms with E-state index >= 15 is 0 Å². The Morgan fingerprint density at radius 1 is 1.00 bits per heavy atom. The number of nitrogens with zero attached hydrogens (tertiary/aromatic N) is 3. The Balaban J connectivity index is 1.12. The third-order valence-electron chi connectivity index (χ3n) is 8.32. The van der Waals surface area contributed by atoms with Crippen LogP contribution in [0.4, 0.5) is 0 Å². The SMILES string of the molecule is N#Cc1cccc(C2CN([C@H]3CCCC[C@H]3Oc3ccc4c(c3)CN(C3CCC(=O)NC3=O)C4=O)C2)c1. The molecule has 1 unspecified atom stereocenters. The maximum absolute atomic E-state index is 13.0. The molecule has 1 saturated carbocycles. The third kappa shape index (κ3) is 4.49. The van der Waals surface area contributed by atoms with Crippen molar-refractivity contribution in [2.24, 2.45) is 0 Å². The fourth-order valence-corrected chi connectivity index (χ4v) is 6.29. The molecule has 2 aromatic carbocycles. The van der Waals surface area contributed by atoms with Crippen LogP contribution < -0.4 is 10.1 Å². The summed E-state index contributed by atoms with van der Waals surface area (Å²) in [4.78, 5) is 40.9. The maximum atomic E-state index is 13.0. The molecule has 0 aromatic heterocycles. The highest BCUT2D eigenvalue weighted by atomic mass is 16.5. The molecule has 0 bridgehead atoms.